The Morgan fingerprint density at radius 2 is 1.21 bits per heavy atom. The van der Waals surface area contributed by atoms with Crippen molar-refractivity contribution in [2.24, 2.45) is 0 Å². The molecule has 2 N–H and O–H groups in total. The van der Waals surface area contributed by atoms with E-state index < -0.39 is 0 Å². The van der Waals surface area contributed by atoms with E-state index in [1.807, 2.05) is 25.1 Å². The van der Waals surface area contributed by atoms with Gasteiger partial charge in [0, 0.05) is 6.42 Å². The monoisotopic (exact) mass is 318 g/mol. The van der Waals surface area contributed by atoms with Gasteiger partial charge in [0.2, 0.25) is 0 Å². The van der Waals surface area contributed by atoms with Gasteiger partial charge in [0.1, 0.15) is 11.5 Å². The summed E-state index contributed by atoms with van der Waals surface area (Å²) in [5.41, 5.74) is 6.83. The summed E-state index contributed by atoms with van der Waals surface area (Å²) in [6, 6.07) is 19.6. The van der Waals surface area contributed by atoms with E-state index in [4.69, 9.17) is 0 Å². The van der Waals surface area contributed by atoms with E-state index in [1.165, 1.54) is 16.7 Å². The zero-order valence-electron chi connectivity index (χ0n) is 14.1. The first-order valence-corrected chi connectivity index (χ1v) is 8.16. The van der Waals surface area contributed by atoms with Crippen LogP contribution >= 0.6 is 0 Å². The van der Waals surface area contributed by atoms with Crippen LogP contribution in [0.25, 0.3) is 0 Å². The molecule has 24 heavy (non-hydrogen) atoms. The summed E-state index contributed by atoms with van der Waals surface area (Å²) in [5.74, 6) is 0.583. The highest BCUT2D eigenvalue weighted by atomic mass is 16.3. The molecule has 0 spiro atoms. The largest absolute Gasteiger partial charge is 0.508 e. The van der Waals surface area contributed by atoms with Crippen molar-refractivity contribution in [1.82, 2.24) is 0 Å². The molecule has 0 fully saturated rings. The lowest BCUT2D eigenvalue weighted by atomic mass is 9.94. The van der Waals surface area contributed by atoms with Crippen molar-refractivity contribution in [3.8, 4) is 11.5 Å². The van der Waals surface area contributed by atoms with Crippen LogP contribution in [-0.4, -0.2) is 10.2 Å². The molecule has 0 unspecified atom stereocenters. The Morgan fingerprint density at radius 1 is 0.667 bits per heavy atom. The smallest absolute Gasteiger partial charge is 0.119 e. The number of rotatable bonds is 4. The standard InChI is InChI=1S/C22H22O2/c1-15-3-5-17(6-4-15)12-19-14-20(22(24)11-16(19)2)13-18-7-9-21(23)10-8-18/h3-11,14,23-24H,12-13H2,1-2H3. The molecule has 0 atom stereocenters. The molecule has 3 aromatic rings. The average molecular weight is 318 g/mol. The maximum atomic E-state index is 10.3. The van der Waals surface area contributed by atoms with Crippen LogP contribution in [0.5, 0.6) is 11.5 Å². The van der Waals surface area contributed by atoms with E-state index in [0.29, 0.717) is 12.2 Å². The number of hydrogen-bond acceptors (Lipinski definition) is 2. The third-order valence-corrected chi connectivity index (χ3v) is 4.38. The molecule has 0 aliphatic rings. The Bertz CT molecular complexity index is 762. The van der Waals surface area contributed by atoms with Gasteiger partial charge >= 0.3 is 0 Å². The highest BCUT2D eigenvalue weighted by Gasteiger charge is 2.09. The summed E-state index contributed by atoms with van der Waals surface area (Å²) in [6.07, 6.45) is 1.50. The second kappa shape index (κ2) is 6.79. The number of phenolic OH excluding ortho intramolecular Hbond substituents is 2. The first kappa shape index (κ1) is 16.1. The molecule has 0 bridgehead atoms. The molecule has 2 nitrogen and oxygen atoms in total. The fourth-order valence-electron chi connectivity index (χ4n) is 2.88. The molecule has 0 amide bonds. The van der Waals surface area contributed by atoms with Gasteiger partial charge in [0.25, 0.3) is 0 Å². The van der Waals surface area contributed by atoms with E-state index in [0.717, 1.165) is 23.1 Å². The molecule has 3 aromatic carbocycles. The lowest BCUT2D eigenvalue weighted by Gasteiger charge is -2.12. The fourth-order valence-corrected chi connectivity index (χ4v) is 2.88. The molecule has 0 heterocycles. The van der Waals surface area contributed by atoms with Crippen molar-refractivity contribution in [3.05, 3.63) is 94.0 Å². The van der Waals surface area contributed by atoms with Crippen LogP contribution in [0.2, 0.25) is 0 Å². The van der Waals surface area contributed by atoms with Gasteiger partial charge in [-0.1, -0.05) is 48.0 Å². The maximum Gasteiger partial charge on any atom is 0.119 e. The van der Waals surface area contributed by atoms with Crippen LogP contribution in [0.3, 0.4) is 0 Å². The van der Waals surface area contributed by atoms with Gasteiger partial charge in [-0.05, 0) is 66.3 Å². The van der Waals surface area contributed by atoms with E-state index in [1.54, 1.807) is 12.1 Å². The molecular formula is C22H22O2. The number of aryl methyl sites for hydroxylation is 2. The molecule has 0 saturated heterocycles. The van der Waals surface area contributed by atoms with Crippen LogP contribution in [0.15, 0.2) is 60.7 Å². The highest BCUT2D eigenvalue weighted by molar-refractivity contribution is 5.45. The normalized spacial score (nSPS) is 10.8. The Hall–Kier alpha value is -2.74. The minimum absolute atomic E-state index is 0.256. The molecule has 0 saturated carbocycles. The Balaban J connectivity index is 1.87. The summed E-state index contributed by atoms with van der Waals surface area (Å²) in [4.78, 5) is 0. The minimum Gasteiger partial charge on any atom is -0.508 e. The van der Waals surface area contributed by atoms with Crippen LogP contribution in [-0.2, 0) is 12.8 Å². The molecule has 122 valence electrons. The number of aromatic hydroxyl groups is 2. The van der Waals surface area contributed by atoms with Crippen LogP contribution < -0.4 is 0 Å². The maximum absolute atomic E-state index is 10.3. The summed E-state index contributed by atoms with van der Waals surface area (Å²) in [7, 11) is 0. The van der Waals surface area contributed by atoms with Gasteiger partial charge < -0.3 is 10.2 Å². The van der Waals surface area contributed by atoms with Gasteiger partial charge in [-0.2, -0.15) is 0 Å². The topological polar surface area (TPSA) is 40.5 Å². The number of benzene rings is 3. The lowest BCUT2D eigenvalue weighted by Crippen LogP contribution is -1.97. The van der Waals surface area contributed by atoms with Crippen molar-refractivity contribution >= 4 is 0 Å². The number of hydrogen-bond donors (Lipinski definition) is 2. The zero-order chi connectivity index (χ0) is 17.1. The molecule has 3 rings (SSSR count). The summed E-state index contributed by atoms with van der Waals surface area (Å²) < 4.78 is 0. The van der Waals surface area contributed by atoms with Crippen molar-refractivity contribution in [1.29, 1.82) is 0 Å². The van der Waals surface area contributed by atoms with Gasteiger partial charge in [-0.15, -0.1) is 0 Å². The first-order chi connectivity index (χ1) is 11.5. The second-order valence-electron chi connectivity index (χ2n) is 6.41. The summed E-state index contributed by atoms with van der Waals surface area (Å²) >= 11 is 0. The fraction of sp³-hybridized carbons (Fsp3) is 0.182. The first-order valence-electron chi connectivity index (χ1n) is 8.16. The third kappa shape index (κ3) is 3.77. The Kier molecular flexibility index (Phi) is 4.57. The predicted molar refractivity (Wildman–Crippen MR) is 97.7 cm³/mol. The van der Waals surface area contributed by atoms with E-state index in [-0.39, 0.29) is 5.75 Å². The third-order valence-electron chi connectivity index (χ3n) is 4.38. The molecule has 0 aliphatic carbocycles. The Morgan fingerprint density at radius 3 is 1.83 bits per heavy atom. The van der Waals surface area contributed by atoms with Crippen LogP contribution in [0, 0.1) is 13.8 Å². The van der Waals surface area contributed by atoms with Crippen molar-refractivity contribution in [2.45, 2.75) is 26.7 Å². The summed E-state index contributed by atoms with van der Waals surface area (Å²) in [6.45, 7) is 4.12. The molecule has 0 aliphatic heterocycles. The zero-order valence-corrected chi connectivity index (χ0v) is 14.1. The van der Waals surface area contributed by atoms with E-state index >= 15 is 0 Å². The van der Waals surface area contributed by atoms with Crippen LogP contribution in [0.1, 0.15) is 33.4 Å². The van der Waals surface area contributed by atoms with Crippen molar-refractivity contribution in [2.75, 3.05) is 0 Å². The summed E-state index contributed by atoms with van der Waals surface area (Å²) in [5, 5.41) is 19.7. The second-order valence-corrected chi connectivity index (χ2v) is 6.41. The molecular weight excluding hydrogens is 296 g/mol. The van der Waals surface area contributed by atoms with Gasteiger partial charge in [0.15, 0.2) is 0 Å². The highest BCUT2D eigenvalue weighted by Crippen LogP contribution is 2.27. The number of phenols is 2. The molecule has 0 aromatic heterocycles. The van der Waals surface area contributed by atoms with Gasteiger partial charge in [0.05, 0.1) is 0 Å². The lowest BCUT2D eigenvalue weighted by molar-refractivity contribution is 0.468. The SMILES string of the molecule is Cc1ccc(Cc2cc(Cc3ccc(O)cc3)c(O)cc2C)cc1. The molecule has 0 radical (unpaired) electrons. The van der Waals surface area contributed by atoms with E-state index in [9.17, 15) is 10.2 Å². The average Bonchev–Trinajstić information content (AvgIpc) is 2.56. The predicted octanol–water partition coefficient (Wildman–Crippen LogP) is 4.90. The van der Waals surface area contributed by atoms with Crippen molar-refractivity contribution in [3.63, 3.8) is 0 Å². The minimum atomic E-state index is 0.256. The van der Waals surface area contributed by atoms with Crippen LogP contribution in [0.4, 0.5) is 0 Å². The van der Waals surface area contributed by atoms with Gasteiger partial charge in [-0.3, -0.25) is 0 Å². The van der Waals surface area contributed by atoms with Gasteiger partial charge in [-0.25, -0.2) is 0 Å². The quantitative estimate of drug-likeness (QED) is 0.718. The van der Waals surface area contributed by atoms with Crippen molar-refractivity contribution < 1.29 is 10.2 Å². The van der Waals surface area contributed by atoms with E-state index in [2.05, 4.69) is 37.3 Å². The Labute approximate surface area is 143 Å². The molecule has 2 heteroatoms.